The maximum absolute atomic E-state index is 12.3. The van der Waals surface area contributed by atoms with Crippen LogP contribution >= 0.6 is 0 Å². The Morgan fingerprint density at radius 2 is 1.91 bits per heavy atom. The van der Waals surface area contributed by atoms with Gasteiger partial charge >= 0.3 is 5.97 Å². The molecule has 2 bridgehead atoms. The highest BCUT2D eigenvalue weighted by atomic mass is 16.6. The van der Waals surface area contributed by atoms with Gasteiger partial charge in [0.1, 0.15) is 6.10 Å². The van der Waals surface area contributed by atoms with Crippen molar-refractivity contribution in [1.82, 2.24) is 0 Å². The van der Waals surface area contributed by atoms with Gasteiger partial charge in [0, 0.05) is 17.5 Å². The smallest absolute Gasteiger partial charge is 0.338 e. The molecule has 1 aromatic carbocycles. The fourth-order valence-electron chi connectivity index (χ4n) is 4.22. The maximum atomic E-state index is 12.3. The van der Waals surface area contributed by atoms with E-state index >= 15 is 0 Å². The van der Waals surface area contributed by atoms with Gasteiger partial charge in [-0.1, -0.05) is 20.8 Å². The van der Waals surface area contributed by atoms with E-state index < -0.39 is 4.92 Å². The number of nitro benzene ring substituents is 1. The minimum atomic E-state index is -0.478. The first kappa shape index (κ1) is 15.0. The van der Waals surface area contributed by atoms with Crippen LogP contribution in [-0.2, 0) is 4.74 Å². The Morgan fingerprint density at radius 3 is 2.36 bits per heavy atom. The molecule has 2 aliphatic rings. The Bertz CT molecular complexity index is 622. The van der Waals surface area contributed by atoms with E-state index in [0.717, 1.165) is 12.8 Å². The van der Waals surface area contributed by atoms with Crippen LogP contribution < -0.4 is 0 Å². The third-order valence-corrected chi connectivity index (χ3v) is 6.28. The number of non-ortho nitro benzene ring substituents is 1. The lowest BCUT2D eigenvalue weighted by Gasteiger charge is -2.38. The van der Waals surface area contributed by atoms with E-state index in [1.807, 2.05) is 0 Å². The van der Waals surface area contributed by atoms with E-state index in [0.29, 0.717) is 11.5 Å². The van der Waals surface area contributed by atoms with Crippen molar-refractivity contribution in [3.8, 4) is 0 Å². The van der Waals surface area contributed by atoms with Gasteiger partial charge in [-0.3, -0.25) is 10.1 Å². The predicted octanol–water partition coefficient (Wildman–Crippen LogP) is 3.97. The average molecular weight is 303 g/mol. The second kappa shape index (κ2) is 4.80. The van der Waals surface area contributed by atoms with Gasteiger partial charge in [0.25, 0.3) is 5.69 Å². The Labute approximate surface area is 129 Å². The van der Waals surface area contributed by atoms with Crippen molar-refractivity contribution in [3.05, 3.63) is 39.9 Å². The Balaban J connectivity index is 1.74. The number of ether oxygens (including phenoxy) is 1. The standard InChI is InChI=1S/C17H21NO4/c1-16(2)12-8-9-17(16,3)14(10-12)22-15(19)11-4-6-13(7-5-11)18(20)21/h4-7,12,14H,8-10H2,1-3H3. The molecule has 0 radical (unpaired) electrons. The summed E-state index contributed by atoms with van der Waals surface area (Å²) in [5.41, 5.74) is 0.556. The largest absolute Gasteiger partial charge is 0.458 e. The second-order valence-electron chi connectivity index (χ2n) is 7.31. The summed E-state index contributed by atoms with van der Waals surface area (Å²) in [6, 6.07) is 5.59. The van der Waals surface area contributed by atoms with Gasteiger partial charge < -0.3 is 4.74 Å². The van der Waals surface area contributed by atoms with Gasteiger partial charge in [-0.2, -0.15) is 0 Å². The summed E-state index contributed by atoms with van der Waals surface area (Å²) in [5, 5.41) is 10.7. The number of nitrogens with zero attached hydrogens (tertiary/aromatic N) is 1. The van der Waals surface area contributed by atoms with Crippen LogP contribution in [0.2, 0.25) is 0 Å². The number of hydrogen-bond donors (Lipinski definition) is 0. The summed E-state index contributed by atoms with van der Waals surface area (Å²) >= 11 is 0. The predicted molar refractivity (Wildman–Crippen MR) is 81.5 cm³/mol. The molecule has 0 spiro atoms. The number of carbonyl (C=O) groups is 1. The Hall–Kier alpha value is -1.91. The lowest BCUT2D eigenvalue weighted by atomic mass is 9.70. The molecule has 3 atom stereocenters. The quantitative estimate of drug-likeness (QED) is 0.481. The normalized spacial score (nSPS) is 32.0. The van der Waals surface area contributed by atoms with Crippen LogP contribution in [0.5, 0.6) is 0 Å². The van der Waals surface area contributed by atoms with Gasteiger partial charge in [-0.15, -0.1) is 0 Å². The molecule has 0 aromatic heterocycles. The lowest BCUT2D eigenvalue weighted by molar-refractivity contribution is -0.384. The molecule has 5 heteroatoms. The molecule has 2 aliphatic carbocycles. The molecule has 5 nitrogen and oxygen atoms in total. The van der Waals surface area contributed by atoms with Crippen molar-refractivity contribution in [2.75, 3.05) is 0 Å². The first-order valence-electron chi connectivity index (χ1n) is 7.71. The second-order valence-corrected chi connectivity index (χ2v) is 7.31. The zero-order valence-corrected chi connectivity index (χ0v) is 13.2. The van der Waals surface area contributed by atoms with Gasteiger partial charge in [-0.25, -0.2) is 4.79 Å². The van der Waals surface area contributed by atoms with Crippen LogP contribution in [0.1, 0.15) is 50.4 Å². The third-order valence-electron chi connectivity index (χ3n) is 6.28. The monoisotopic (exact) mass is 303 g/mol. The molecular formula is C17H21NO4. The number of carbonyl (C=O) groups excluding carboxylic acids is 1. The number of nitro groups is 1. The summed E-state index contributed by atoms with van der Waals surface area (Å²) in [5.74, 6) is 0.219. The number of benzene rings is 1. The molecule has 0 N–H and O–H groups in total. The summed E-state index contributed by atoms with van der Waals surface area (Å²) < 4.78 is 5.76. The van der Waals surface area contributed by atoms with E-state index in [4.69, 9.17) is 4.74 Å². The van der Waals surface area contributed by atoms with Crippen molar-refractivity contribution in [1.29, 1.82) is 0 Å². The molecule has 3 unspecified atom stereocenters. The van der Waals surface area contributed by atoms with Crippen LogP contribution in [-0.4, -0.2) is 17.0 Å². The molecule has 118 valence electrons. The molecule has 2 fully saturated rings. The van der Waals surface area contributed by atoms with E-state index in [9.17, 15) is 14.9 Å². The molecule has 1 aromatic rings. The number of hydrogen-bond acceptors (Lipinski definition) is 4. The molecule has 0 aliphatic heterocycles. The average Bonchev–Trinajstić information content (AvgIpc) is 2.80. The molecule has 0 amide bonds. The highest BCUT2D eigenvalue weighted by Gasteiger charge is 2.62. The van der Waals surface area contributed by atoms with Crippen molar-refractivity contribution < 1.29 is 14.5 Å². The summed E-state index contributed by atoms with van der Waals surface area (Å²) in [6.07, 6.45) is 3.14. The number of rotatable bonds is 3. The minimum absolute atomic E-state index is 0.0219. The lowest BCUT2D eigenvalue weighted by Crippen LogP contribution is -2.38. The van der Waals surface area contributed by atoms with Gasteiger partial charge in [0.05, 0.1) is 10.5 Å². The van der Waals surface area contributed by atoms with E-state index in [1.54, 1.807) is 0 Å². The zero-order chi connectivity index (χ0) is 16.1. The van der Waals surface area contributed by atoms with E-state index in [2.05, 4.69) is 20.8 Å². The van der Waals surface area contributed by atoms with Crippen LogP contribution in [0.3, 0.4) is 0 Å². The molecular weight excluding hydrogens is 282 g/mol. The fourth-order valence-corrected chi connectivity index (χ4v) is 4.22. The highest BCUT2D eigenvalue weighted by Crippen LogP contribution is 2.66. The fraction of sp³-hybridized carbons (Fsp3) is 0.588. The third kappa shape index (κ3) is 2.02. The van der Waals surface area contributed by atoms with Crippen molar-refractivity contribution in [2.24, 2.45) is 16.7 Å². The van der Waals surface area contributed by atoms with Gasteiger partial charge in [-0.05, 0) is 42.7 Å². The van der Waals surface area contributed by atoms with Crippen molar-refractivity contribution in [3.63, 3.8) is 0 Å². The van der Waals surface area contributed by atoms with Crippen LogP contribution in [0, 0.1) is 26.9 Å². The maximum Gasteiger partial charge on any atom is 0.338 e. The van der Waals surface area contributed by atoms with Gasteiger partial charge in [0.15, 0.2) is 0 Å². The summed E-state index contributed by atoms with van der Waals surface area (Å²) in [6.45, 7) is 6.75. The number of esters is 1. The zero-order valence-electron chi connectivity index (χ0n) is 13.2. The van der Waals surface area contributed by atoms with Crippen LogP contribution in [0.15, 0.2) is 24.3 Å². The highest BCUT2D eigenvalue weighted by molar-refractivity contribution is 5.89. The Morgan fingerprint density at radius 1 is 1.27 bits per heavy atom. The molecule has 0 heterocycles. The first-order valence-corrected chi connectivity index (χ1v) is 7.71. The number of fused-ring (bicyclic) bond motifs is 2. The van der Waals surface area contributed by atoms with E-state index in [1.165, 1.54) is 30.7 Å². The van der Waals surface area contributed by atoms with Crippen LogP contribution in [0.25, 0.3) is 0 Å². The molecule has 0 saturated heterocycles. The van der Waals surface area contributed by atoms with Gasteiger partial charge in [0.2, 0.25) is 0 Å². The minimum Gasteiger partial charge on any atom is -0.458 e. The summed E-state index contributed by atoms with van der Waals surface area (Å²) in [4.78, 5) is 22.5. The Kier molecular flexibility index (Phi) is 3.27. The van der Waals surface area contributed by atoms with Crippen molar-refractivity contribution >= 4 is 11.7 Å². The van der Waals surface area contributed by atoms with E-state index in [-0.39, 0.29) is 28.6 Å². The topological polar surface area (TPSA) is 69.4 Å². The first-order chi connectivity index (χ1) is 10.3. The SMILES string of the molecule is CC1(C)C2CCC1(C)C(OC(=O)c1ccc([N+](=O)[O-])cc1)C2. The van der Waals surface area contributed by atoms with Crippen LogP contribution in [0.4, 0.5) is 5.69 Å². The summed E-state index contributed by atoms with van der Waals surface area (Å²) in [7, 11) is 0. The molecule has 2 saturated carbocycles. The molecule has 22 heavy (non-hydrogen) atoms. The molecule has 3 rings (SSSR count). The van der Waals surface area contributed by atoms with Crippen molar-refractivity contribution in [2.45, 2.75) is 46.1 Å².